The standard InChI is InChI=1S/C28H25N7O/c29-12-10-19-6-8-20(9-7-19)23-18-33-27(30)26(34-23)25(36)16-22-17-31-13-11-24(22)35-15-14-32-28(35)21-4-2-1-3-5-21/h1-9,11,13-15,17-18H,10,12,16,29H2,(H2,30,33). The zero-order valence-electron chi connectivity index (χ0n) is 19.6. The number of carbonyl (C=O) groups is 1. The lowest BCUT2D eigenvalue weighted by Gasteiger charge is -2.13. The van der Waals surface area contributed by atoms with Crippen LogP contribution in [0.3, 0.4) is 0 Å². The van der Waals surface area contributed by atoms with E-state index in [0.717, 1.165) is 40.2 Å². The molecular weight excluding hydrogens is 450 g/mol. The van der Waals surface area contributed by atoms with E-state index in [4.69, 9.17) is 11.5 Å². The van der Waals surface area contributed by atoms with Crippen LogP contribution in [0.5, 0.6) is 0 Å². The van der Waals surface area contributed by atoms with Crippen molar-refractivity contribution in [3.8, 4) is 28.3 Å². The van der Waals surface area contributed by atoms with Gasteiger partial charge in [0.25, 0.3) is 0 Å². The quantitative estimate of drug-likeness (QED) is 0.326. The average molecular weight is 476 g/mol. The summed E-state index contributed by atoms with van der Waals surface area (Å²) in [5.74, 6) is 0.633. The first kappa shape index (κ1) is 23.1. The Morgan fingerprint density at radius 3 is 2.47 bits per heavy atom. The second-order valence-electron chi connectivity index (χ2n) is 8.32. The molecule has 36 heavy (non-hydrogen) atoms. The van der Waals surface area contributed by atoms with Gasteiger partial charge in [-0.25, -0.2) is 15.0 Å². The van der Waals surface area contributed by atoms with Crippen molar-refractivity contribution in [2.24, 2.45) is 5.73 Å². The molecule has 0 radical (unpaired) electrons. The molecule has 5 aromatic rings. The summed E-state index contributed by atoms with van der Waals surface area (Å²) in [7, 11) is 0. The maximum atomic E-state index is 13.4. The molecule has 8 nitrogen and oxygen atoms in total. The van der Waals surface area contributed by atoms with E-state index in [9.17, 15) is 4.79 Å². The summed E-state index contributed by atoms with van der Waals surface area (Å²) in [6.45, 7) is 0.585. The van der Waals surface area contributed by atoms with Crippen molar-refractivity contribution in [1.82, 2.24) is 24.5 Å². The number of hydrogen-bond acceptors (Lipinski definition) is 7. The summed E-state index contributed by atoms with van der Waals surface area (Å²) in [6, 6.07) is 19.6. The molecule has 3 aromatic heterocycles. The maximum absolute atomic E-state index is 13.4. The van der Waals surface area contributed by atoms with Crippen molar-refractivity contribution >= 4 is 11.6 Å². The van der Waals surface area contributed by atoms with E-state index in [1.54, 1.807) is 24.8 Å². The van der Waals surface area contributed by atoms with Gasteiger partial charge in [-0.15, -0.1) is 0 Å². The molecule has 0 aliphatic carbocycles. The van der Waals surface area contributed by atoms with Gasteiger partial charge in [0.15, 0.2) is 11.6 Å². The van der Waals surface area contributed by atoms with Gasteiger partial charge in [0, 0.05) is 47.9 Å². The Morgan fingerprint density at radius 1 is 0.889 bits per heavy atom. The number of nitrogens with two attached hydrogens (primary N) is 2. The smallest absolute Gasteiger partial charge is 0.189 e. The lowest BCUT2D eigenvalue weighted by atomic mass is 10.0. The molecule has 178 valence electrons. The Bertz CT molecular complexity index is 1490. The van der Waals surface area contributed by atoms with Gasteiger partial charge in [-0.3, -0.25) is 14.3 Å². The first-order valence-corrected chi connectivity index (χ1v) is 11.6. The highest BCUT2D eigenvalue weighted by Gasteiger charge is 2.19. The number of ketones is 1. The molecule has 5 rings (SSSR count). The molecule has 0 saturated carbocycles. The molecule has 0 saturated heterocycles. The number of carbonyl (C=O) groups excluding carboxylic acids is 1. The van der Waals surface area contributed by atoms with Crippen LogP contribution in [0.1, 0.15) is 21.6 Å². The Hall–Kier alpha value is -4.69. The largest absolute Gasteiger partial charge is 0.382 e. The fraction of sp³-hybridized carbons (Fsp3) is 0.107. The van der Waals surface area contributed by atoms with Crippen LogP contribution < -0.4 is 11.5 Å². The number of nitrogens with zero attached hydrogens (tertiary/aromatic N) is 5. The van der Waals surface area contributed by atoms with E-state index in [0.29, 0.717) is 12.2 Å². The highest BCUT2D eigenvalue weighted by Crippen LogP contribution is 2.25. The molecule has 8 heteroatoms. The maximum Gasteiger partial charge on any atom is 0.189 e. The molecule has 0 amide bonds. The summed E-state index contributed by atoms with van der Waals surface area (Å²) in [6.07, 6.45) is 9.43. The van der Waals surface area contributed by atoms with Gasteiger partial charge >= 0.3 is 0 Å². The van der Waals surface area contributed by atoms with Gasteiger partial charge < -0.3 is 11.5 Å². The number of benzene rings is 2. The van der Waals surface area contributed by atoms with E-state index >= 15 is 0 Å². The van der Waals surface area contributed by atoms with Crippen LogP contribution in [-0.2, 0) is 12.8 Å². The minimum Gasteiger partial charge on any atom is -0.382 e. The number of hydrogen-bond donors (Lipinski definition) is 2. The zero-order valence-corrected chi connectivity index (χ0v) is 19.6. The number of imidazole rings is 1. The highest BCUT2D eigenvalue weighted by atomic mass is 16.1. The third kappa shape index (κ3) is 4.75. The first-order chi connectivity index (χ1) is 17.6. The van der Waals surface area contributed by atoms with E-state index in [2.05, 4.69) is 19.9 Å². The second kappa shape index (κ2) is 10.3. The average Bonchev–Trinajstić information content (AvgIpc) is 3.40. The fourth-order valence-electron chi connectivity index (χ4n) is 4.10. The molecule has 4 N–H and O–H groups in total. The van der Waals surface area contributed by atoms with Crippen molar-refractivity contribution < 1.29 is 4.79 Å². The predicted octanol–water partition coefficient (Wildman–Crippen LogP) is 3.90. The third-order valence-electron chi connectivity index (χ3n) is 5.91. The molecular formula is C28H25N7O. The molecule has 0 bridgehead atoms. The van der Waals surface area contributed by atoms with Crippen molar-refractivity contribution in [1.29, 1.82) is 0 Å². The lowest BCUT2D eigenvalue weighted by Crippen LogP contribution is -2.13. The molecule has 0 spiro atoms. The number of anilines is 1. The van der Waals surface area contributed by atoms with Gasteiger partial charge in [-0.05, 0) is 24.6 Å². The van der Waals surface area contributed by atoms with Gasteiger partial charge in [-0.2, -0.15) is 0 Å². The normalized spacial score (nSPS) is 10.9. The minimum atomic E-state index is -0.239. The van der Waals surface area contributed by atoms with Crippen LogP contribution in [0.2, 0.25) is 0 Å². The van der Waals surface area contributed by atoms with Crippen LogP contribution in [0.4, 0.5) is 5.82 Å². The first-order valence-electron chi connectivity index (χ1n) is 11.6. The van der Waals surface area contributed by atoms with Crippen molar-refractivity contribution in [2.75, 3.05) is 12.3 Å². The van der Waals surface area contributed by atoms with Crippen LogP contribution >= 0.6 is 0 Å². The molecule has 0 fully saturated rings. The van der Waals surface area contributed by atoms with Crippen LogP contribution in [0, 0.1) is 0 Å². The molecule has 0 aliphatic heterocycles. The van der Waals surface area contributed by atoms with E-state index in [1.807, 2.05) is 71.4 Å². The molecule has 0 aliphatic rings. The van der Waals surface area contributed by atoms with Crippen molar-refractivity contribution in [3.05, 3.63) is 108 Å². The second-order valence-corrected chi connectivity index (χ2v) is 8.32. The van der Waals surface area contributed by atoms with E-state index in [-0.39, 0.29) is 23.7 Å². The van der Waals surface area contributed by atoms with E-state index in [1.165, 1.54) is 0 Å². The zero-order chi connectivity index (χ0) is 24.9. The Labute approximate surface area is 208 Å². The molecule has 0 unspecified atom stereocenters. The summed E-state index contributed by atoms with van der Waals surface area (Å²) >= 11 is 0. The summed E-state index contributed by atoms with van der Waals surface area (Å²) in [4.78, 5) is 31.0. The number of rotatable bonds is 8. The number of Topliss-reactive ketones (excluding diaryl/α,β-unsaturated/α-hetero) is 1. The minimum absolute atomic E-state index is 0.0629. The third-order valence-corrected chi connectivity index (χ3v) is 5.91. The Kier molecular flexibility index (Phi) is 6.59. The van der Waals surface area contributed by atoms with Crippen LogP contribution in [0.25, 0.3) is 28.3 Å². The fourth-order valence-corrected chi connectivity index (χ4v) is 4.10. The van der Waals surface area contributed by atoms with Gasteiger partial charge in [0.05, 0.1) is 17.6 Å². The molecule has 2 aromatic carbocycles. The predicted molar refractivity (Wildman–Crippen MR) is 139 cm³/mol. The van der Waals surface area contributed by atoms with Crippen molar-refractivity contribution in [3.63, 3.8) is 0 Å². The summed E-state index contributed by atoms with van der Waals surface area (Å²) in [5.41, 5.74) is 16.9. The Morgan fingerprint density at radius 2 is 1.69 bits per heavy atom. The number of aromatic nitrogens is 5. The molecule has 3 heterocycles. The SMILES string of the molecule is NCCc1ccc(-c2cnc(N)c(C(=O)Cc3cnccc3-n3ccnc3-c3ccccc3)n2)cc1. The number of nitrogen functional groups attached to an aromatic ring is 1. The highest BCUT2D eigenvalue weighted by molar-refractivity contribution is 6.00. The van der Waals surface area contributed by atoms with Gasteiger partial charge in [0.1, 0.15) is 11.5 Å². The van der Waals surface area contributed by atoms with Gasteiger partial charge in [0.2, 0.25) is 0 Å². The van der Waals surface area contributed by atoms with Gasteiger partial charge in [-0.1, -0.05) is 54.6 Å². The summed E-state index contributed by atoms with van der Waals surface area (Å²) < 4.78 is 1.95. The summed E-state index contributed by atoms with van der Waals surface area (Å²) in [5, 5.41) is 0. The van der Waals surface area contributed by atoms with Crippen LogP contribution in [-0.4, -0.2) is 36.8 Å². The van der Waals surface area contributed by atoms with E-state index < -0.39 is 0 Å². The van der Waals surface area contributed by atoms with Crippen LogP contribution in [0.15, 0.2) is 91.6 Å². The lowest BCUT2D eigenvalue weighted by molar-refractivity contribution is 0.0989. The monoisotopic (exact) mass is 475 g/mol. The van der Waals surface area contributed by atoms with Crippen molar-refractivity contribution in [2.45, 2.75) is 12.8 Å². The number of pyridine rings is 1. The molecule has 0 atom stereocenters. The Balaban J connectivity index is 1.45. The topological polar surface area (TPSA) is 126 Å².